The van der Waals surface area contributed by atoms with Gasteiger partial charge in [-0.25, -0.2) is 0 Å². The summed E-state index contributed by atoms with van der Waals surface area (Å²) >= 11 is 0. The standard InChI is InChI=1S/C8H8N2O/c11-8-3-1-2-7-6(8)4-9-5-10-7/h1-4,9-10H,5H2. The fraction of sp³-hybridized carbons (Fsp3) is 0.125. The number of hydrogen-bond donors (Lipinski definition) is 2. The molecule has 0 amide bonds. The Morgan fingerprint density at radius 3 is 3.18 bits per heavy atom. The van der Waals surface area contributed by atoms with Crippen LogP contribution in [-0.2, 0) is 4.79 Å². The third-order valence-electron chi connectivity index (χ3n) is 1.69. The topological polar surface area (TPSA) is 41.1 Å². The predicted molar refractivity (Wildman–Crippen MR) is 41.5 cm³/mol. The number of carbonyl (C=O) groups is 1. The van der Waals surface area contributed by atoms with Crippen LogP contribution in [0.15, 0.2) is 35.7 Å². The molecule has 0 aromatic heterocycles. The number of carbonyl (C=O) groups excluding carboxylic acids is 1. The van der Waals surface area contributed by atoms with E-state index in [-0.39, 0.29) is 5.78 Å². The fourth-order valence-electron chi connectivity index (χ4n) is 1.15. The summed E-state index contributed by atoms with van der Waals surface area (Å²) < 4.78 is 0. The van der Waals surface area contributed by atoms with Gasteiger partial charge in [-0.15, -0.1) is 0 Å². The zero-order valence-corrected chi connectivity index (χ0v) is 5.92. The molecule has 1 heterocycles. The molecule has 1 aliphatic carbocycles. The van der Waals surface area contributed by atoms with Crippen LogP contribution >= 0.6 is 0 Å². The summed E-state index contributed by atoms with van der Waals surface area (Å²) in [6.45, 7) is 0.691. The molecule has 0 aromatic rings. The first-order valence-corrected chi connectivity index (χ1v) is 3.48. The van der Waals surface area contributed by atoms with E-state index in [2.05, 4.69) is 10.6 Å². The number of nitrogens with one attached hydrogen (secondary N) is 2. The normalized spacial score (nSPS) is 20.9. The van der Waals surface area contributed by atoms with Crippen molar-refractivity contribution in [3.05, 3.63) is 35.7 Å². The summed E-state index contributed by atoms with van der Waals surface area (Å²) in [5, 5.41) is 6.01. The van der Waals surface area contributed by atoms with Gasteiger partial charge in [0.15, 0.2) is 5.78 Å². The number of hydrogen-bond acceptors (Lipinski definition) is 3. The molecule has 3 heteroatoms. The summed E-state index contributed by atoms with van der Waals surface area (Å²) in [6.07, 6.45) is 6.96. The van der Waals surface area contributed by atoms with Crippen LogP contribution in [0.2, 0.25) is 0 Å². The number of ketones is 1. The Morgan fingerprint density at radius 2 is 2.36 bits per heavy atom. The Labute approximate surface area is 64.5 Å². The van der Waals surface area contributed by atoms with Crippen LogP contribution < -0.4 is 10.6 Å². The van der Waals surface area contributed by atoms with E-state index in [1.54, 1.807) is 18.4 Å². The van der Waals surface area contributed by atoms with Crippen LogP contribution in [-0.4, -0.2) is 12.5 Å². The molecule has 0 saturated heterocycles. The Bertz CT molecular complexity index is 286. The molecular weight excluding hydrogens is 140 g/mol. The first-order valence-electron chi connectivity index (χ1n) is 3.48. The predicted octanol–water partition coefficient (Wildman–Crippen LogP) is 0.0434. The average Bonchev–Trinajstić information content (AvgIpc) is 2.06. The van der Waals surface area contributed by atoms with E-state index in [4.69, 9.17) is 0 Å². The van der Waals surface area contributed by atoms with Crippen molar-refractivity contribution in [2.24, 2.45) is 0 Å². The Balaban J connectivity index is 2.43. The van der Waals surface area contributed by atoms with Crippen molar-refractivity contribution >= 4 is 5.78 Å². The lowest BCUT2D eigenvalue weighted by Crippen LogP contribution is -2.33. The second kappa shape index (κ2) is 2.27. The maximum atomic E-state index is 11.2. The first kappa shape index (κ1) is 6.22. The maximum absolute atomic E-state index is 11.2. The highest BCUT2D eigenvalue weighted by atomic mass is 16.1. The molecule has 0 saturated carbocycles. The molecule has 1 aliphatic heterocycles. The molecule has 2 N–H and O–H groups in total. The van der Waals surface area contributed by atoms with Crippen molar-refractivity contribution in [1.29, 1.82) is 0 Å². The fourth-order valence-corrected chi connectivity index (χ4v) is 1.15. The lowest BCUT2D eigenvalue weighted by molar-refractivity contribution is -0.111. The smallest absolute Gasteiger partial charge is 0.189 e. The number of rotatable bonds is 0. The molecule has 0 aromatic carbocycles. The van der Waals surface area contributed by atoms with E-state index in [0.717, 1.165) is 11.3 Å². The third-order valence-corrected chi connectivity index (χ3v) is 1.69. The van der Waals surface area contributed by atoms with Crippen LogP contribution in [0.5, 0.6) is 0 Å². The summed E-state index contributed by atoms with van der Waals surface area (Å²) in [4.78, 5) is 11.2. The van der Waals surface area contributed by atoms with Gasteiger partial charge in [-0.2, -0.15) is 0 Å². The highest BCUT2D eigenvalue weighted by Gasteiger charge is 2.16. The lowest BCUT2D eigenvalue weighted by atomic mass is 10.0. The Morgan fingerprint density at radius 1 is 1.45 bits per heavy atom. The van der Waals surface area contributed by atoms with E-state index in [9.17, 15) is 4.79 Å². The molecule has 0 atom stereocenters. The minimum atomic E-state index is 0.0576. The van der Waals surface area contributed by atoms with Crippen molar-refractivity contribution in [2.75, 3.05) is 6.67 Å². The average molecular weight is 148 g/mol. The van der Waals surface area contributed by atoms with Crippen LogP contribution in [0.3, 0.4) is 0 Å². The van der Waals surface area contributed by atoms with E-state index < -0.39 is 0 Å². The van der Waals surface area contributed by atoms with E-state index in [1.807, 2.05) is 6.08 Å². The van der Waals surface area contributed by atoms with Gasteiger partial charge in [-0.1, -0.05) is 6.08 Å². The molecule has 0 fully saturated rings. The van der Waals surface area contributed by atoms with Crippen molar-refractivity contribution < 1.29 is 4.79 Å². The van der Waals surface area contributed by atoms with Crippen molar-refractivity contribution in [2.45, 2.75) is 0 Å². The minimum absolute atomic E-state index is 0.0576. The van der Waals surface area contributed by atoms with Gasteiger partial charge < -0.3 is 10.6 Å². The van der Waals surface area contributed by atoms with Gasteiger partial charge in [0.2, 0.25) is 0 Å². The number of allylic oxidation sites excluding steroid dienone is 4. The van der Waals surface area contributed by atoms with Crippen LogP contribution in [0, 0.1) is 0 Å². The second-order valence-electron chi connectivity index (χ2n) is 2.42. The van der Waals surface area contributed by atoms with Gasteiger partial charge in [0.1, 0.15) is 0 Å². The van der Waals surface area contributed by atoms with Crippen LogP contribution in [0.1, 0.15) is 0 Å². The Kier molecular flexibility index (Phi) is 1.28. The van der Waals surface area contributed by atoms with Gasteiger partial charge in [0.05, 0.1) is 12.2 Å². The van der Waals surface area contributed by atoms with Gasteiger partial charge in [0, 0.05) is 11.9 Å². The van der Waals surface area contributed by atoms with Crippen LogP contribution in [0.25, 0.3) is 0 Å². The first-order chi connectivity index (χ1) is 5.38. The van der Waals surface area contributed by atoms with E-state index in [0.29, 0.717) is 6.67 Å². The molecule has 56 valence electrons. The second-order valence-corrected chi connectivity index (χ2v) is 2.42. The maximum Gasteiger partial charge on any atom is 0.189 e. The molecule has 0 bridgehead atoms. The zero-order chi connectivity index (χ0) is 7.68. The van der Waals surface area contributed by atoms with E-state index >= 15 is 0 Å². The highest BCUT2D eigenvalue weighted by Crippen LogP contribution is 2.14. The molecule has 11 heavy (non-hydrogen) atoms. The molecule has 0 spiro atoms. The molecular formula is C8H8N2O. The number of fused-ring (bicyclic) bond motifs is 1. The van der Waals surface area contributed by atoms with Gasteiger partial charge in [-0.05, 0) is 12.2 Å². The summed E-state index contributed by atoms with van der Waals surface area (Å²) in [5.41, 5.74) is 1.63. The monoisotopic (exact) mass is 148 g/mol. The van der Waals surface area contributed by atoms with Crippen molar-refractivity contribution in [3.63, 3.8) is 0 Å². The summed E-state index contributed by atoms with van der Waals surface area (Å²) in [6, 6.07) is 0. The molecule has 2 rings (SSSR count). The molecule has 0 unspecified atom stereocenters. The zero-order valence-electron chi connectivity index (χ0n) is 5.92. The quantitative estimate of drug-likeness (QED) is 0.509. The molecule has 2 aliphatic rings. The molecule has 3 nitrogen and oxygen atoms in total. The SMILES string of the molecule is O=C1C=CC=C2NCNC=C12. The molecule has 0 radical (unpaired) electrons. The van der Waals surface area contributed by atoms with Crippen molar-refractivity contribution in [3.8, 4) is 0 Å². The van der Waals surface area contributed by atoms with Crippen molar-refractivity contribution in [1.82, 2.24) is 10.6 Å². The van der Waals surface area contributed by atoms with Crippen LogP contribution in [0.4, 0.5) is 0 Å². The van der Waals surface area contributed by atoms with Gasteiger partial charge in [0.25, 0.3) is 0 Å². The van der Waals surface area contributed by atoms with E-state index in [1.165, 1.54) is 0 Å². The van der Waals surface area contributed by atoms with Gasteiger partial charge >= 0.3 is 0 Å². The minimum Gasteiger partial charge on any atom is -0.373 e. The summed E-state index contributed by atoms with van der Waals surface area (Å²) in [5.74, 6) is 0.0576. The highest BCUT2D eigenvalue weighted by molar-refractivity contribution is 6.08. The summed E-state index contributed by atoms with van der Waals surface area (Å²) in [7, 11) is 0. The largest absolute Gasteiger partial charge is 0.373 e. The van der Waals surface area contributed by atoms with Gasteiger partial charge in [-0.3, -0.25) is 4.79 Å². The lowest BCUT2D eigenvalue weighted by Gasteiger charge is -2.19. The third kappa shape index (κ3) is 0.941. The Hall–Kier alpha value is -1.51.